The van der Waals surface area contributed by atoms with Crippen LogP contribution in [-0.2, 0) is 24.1 Å². The highest BCUT2D eigenvalue weighted by Gasteiger charge is 2.27. The molecule has 0 radical (unpaired) electrons. The molecule has 4 rings (SSSR count). The number of aryl methyl sites for hydroxylation is 1. The van der Waals surface area contributed by atoms with Gasteiger partial charge in [0, 0.05) is 29.7 Å². The lowest BCUT2D eigenvalue weighted by molar-refractivity contribution is -0.131. The molecule has 0 aliphatic heterocycles. The molecule has 0 bridgehead atoms. The van der Waals surface area contributed by atoms with Gasteiger partial charge in [-0.3, -0.25) is 4.79 Å². The fourth-order valence-corrected chi connectivity index (χ4v) is 3.83. The van der Waals surface area contributed by atoms with Crippen LogP contribution in [0.25, 0.3) is 10.9 Å². The number of hydrogen-bond acceptors (Lipinski definition) is 1. The quantitative estimate of drug-likeness (QED) is 0.774. The monoisotopic (exact) mass is 336 g/mol. The molecule has 0 saturated carbocycles. The number of amides is 1. The molecule has 2 aromatic carbocycles. The molecule has 1 N–H and O–H groups in total. The summed E-state index contributed by atoms with van der Waals surface area (Å²) in [5, 5.41) is 1.26. The van der Waals surface area contributed by atoms with E-state index in [0.29, 0.717) is 0 Å². The third-order valence-electron chi connectivity index (χ3n) is 5.25. The normalized spacial score (nSPS) is 16.6. The summed E-state index contributed by atoms with van der Waals surface area (Å²) in [6.45, 7) is 0. The van der Waals surface area contributed by atoms with Crippen molar-refractivity contribution in [3.63, 3.8) is 0 Å². The number of para-hydroxylation sites is 1. The lowest BCUT2D eigenvalue weighted by Gasteiger charge is -2.31. The van der Waals surface area contributed by atoms with Crippen LogP contribution in [0.5, 0.6) is 0 Å². The lowest BCUT2D eigenvalue weighted by atomic mass is 9.90. The van der Waals surface area contributed by atoms with Crippen LogP contribution < -0.4 is 0 Å². The summed E-state index contributed by atoms with van der Waals surface area (Å²) in [7, 11) is 1.87. The van der Waals surface area contributed by atoms with Gasteiger partial charge in [0.2, 0.25) is 5.91 Å². The zero-order chi connectivity index (χ0) is 17.4. The highest BCUT2D eigenvalue weighted by Crippen LogP contribution is 2.30. The van der Waals surface area contributed by atoms with E-state index in [9.17, 15) is 9.18 Å². The number of rotatable bonds is 3. The summed E-state index contributed by atoms with van der Waals surface area (Å²) in [4.78, 5) is 18.0. The van der Waals surface area contributed by atoms with E-state index in [1.54, 1.807) is 12.1 Å². The van der Waals surface area contributed by atoms with Crippen LogP contribution in [0.4, 0.5) is 4.39 Å². The number of carbonyl (C=O) groups excluding carboxylic acids is 1. The molecule has 0 spiro atoms. The first-order valence-electron chi connectivity index (χ1n) is 8.70. The maximum Gasteiger partial charge on any atom is 0.226 e. The SMILES string of the molecule is CN(C(=O)Cc1cccc(F)c1)C1CCc2[nH]c3ccccc3c2C1. The van der Waals surface area contributed by atoms with Gasteiger partial charge in [-0.25, -0.2) is 4.39 Å². The molecule has 1 aliphatic carbocycles. The molecule has 1 heterocycles. The van der Waals surface area contributed by atoms with Crippen molar-refractivity contribution in [3.05, 3.63) is 71.2 Å². The Balaban J connectivity index is 1.51. The van der Waals surface area contributed by atoms with Crippen LogP contribution >= 0.6 is 0 Å². The van der Waals surface area contributed by atoms with E-state index in [0.717, 1.165) is 24.8 Å². The number of fused-ring (bicyclic) bond motifs is 3. The van der Waals surface area contributed by atoms with Gasteiger partial charge in [-0.2, -0.15) is 0 Å². The number of nitrogens with zero attached hydrogens (tertiary/aromatic N) is 1. The molecule has 1 unspecified atom stereocenters. The van der Waals surface area contributed by atoms with Crippen molar-refractivity contribution in [1.82, 2.24) is 9.88 Å². The van der Waals surface area contributed by atoms with Crippen molar-refractivity contribution < 1.29 is 9.18 Å². The van der Waals surface area contributed by atoms with E-state index >= 15 is 0 Å². The Bertz CT molecular complexity index is 931. The minimum atomic E-state index is -0.297. The van der Waals surface area contributed by atoms with E-state index in [1.807, 2.05) is 18.0 Å². The Morgan fingerprint density at radius 2 is 2.08 bits per heavy atom. The van der Waals surface area contributed by atoms with Crippen molar-refractivity contribution in [3.8, 4) is 0 Å². The molecular formula is C21H21FN2O. The second-order valence-electron chi connectivity index (χ2n) is 6.84. The average Bonchev–Trinajstić information content (AvgIpc) is 2.99. The van der Waals surface area contributed by atoms with Crippen LogP contribution in [0.1, 0.15) is 23.2 Å². The molecule has 0 fully saturated rings. The van der Waals surface area contributed by atoms with Crippen molar-refractivity contribution in [1.29, 1.82) is 0 Å². The fourth-order valence-electron chi connectivity index (χ4n) is 3.83. The van der Waals surface area contributed by atoms with E-state index in [-0.39, 0.29) is 24.2 Å². The number of hydrogen-bond donors (Lipinski definition) is 1. The molecule has 4 heteroatoms. The van der Waals surface area contributed by atoms with Gasteiger partial charge in [0.25, 0.3) is 0 Å². The van der Waals surface area contributed by atoms with Gasteiger partial charge < -0.3 is 9.88 Å². The van der Waals surface area contributed by atoms with Crippen molar-refractivity contribution >= 4 is 16.8 Å². The summed E-state index contributed by atoms with van der Waals surface area (Å²) >= 11 is 0. The number of aromatic nitrogens is 1. The highest BCUT2D eigenvalue weighted by atomic mass is 19.1. The summed E-state index contributed by atoms with van der Waals surface area (Å²) in [6.07, 6.45) is 3.01. The predicted molar refractivity (Wildman–Crippen MR) is 97.0 cm³/mol. The fraction of sp³-hybridized carbons (Fsp3) is 0.286. The standard InChI is InChI=1S/C21H21FN2O/c1-24(21(25)12-14-5-4-6-15(22)11-14)16-9-10-20-18(13-16)17-7-2-3-8-19(17)23-20/h2-8,11,16,23H,9-10,12-13H2,1H3. The van der Waals surface area contributed by atoms with Gasteiger partial charge >= 0.3 is 0 Å². The predicted octanol–water partition coefficient (Wildman–Crippen LogP) is 3.87. The second-order valence-corrected chi connectivity index (χ2v) is 6.84. The first-order valence-corrected chi connectivity index (χ1v) is 8.70. The zero-order valence-corrected chi connectivity index (χ0v) is 14.3. The maximum absolute atomic E-state index is 13.3. The van der Waals surface area contributed by atoms with Crippen LogP contribution in [0, 0.1) is 5.82 Å². The molecule has 1 aromatic heterocycles. The Kier molecular flexibility index (Phi) is 4.04. The van der Waals surface area contributed by atoms with E-state index in [4.69, 9.17) is 0 Å². The number of nitrogens with one attached hydrogen (secondary N) is 1. The Morgan fingerprint density at radius 1 is 1.24 bits per heavy atom. The minimum Gasteiger partial charge on any atom is -0.358 e. The van der Waals surface area contributed by atoms with Crippen LogP contribution in [0.15, 0.2) is 48.5 Å². The van der Waals surface area contributed by atoms with Gasteiger partial charge in [-0.05, 0) is 48.6 Å². The number of carbonyl (C=O) groups is 1. The Hall–Kier alpha value is -2.62. The van der Waals surface area contributed by atoms with E-state index < -0.39 is 0 Å². The first-order chi connectivity index (χ1) is 12.1. The Labute approximate surface area is 146 Å². The van der Waals surface area contributed by atoms with Crippen LogP contribution in [-0.4, -0.2) is 28.9 Å². The van der Waals surface area contributed by atoms with E-state index in [2.05, 4.69) is 23.2 Å². The van der Waals surface area contributed by atoms with Gasteiger partial charge in [0.15, 0.2) is 0 Å². The summed E-state index contributed by atoms with van der Waals surface area (Å²) in [6, 6.07) is 14.8. The van der Waals surface area contributed by atoms with Crippen molar-refractivity contribution in [2.45, 2.75) is 31.7 Å². The number of aromatic amines is 1. The zero-order valence-electron chi connectivity index (χ0n) is 14.3. The molecular weight excluding hydrogens is 315 g/mol. The number of likely N-dealkylation sites (N-methyl/N-ethyl adjacent to an activating group) is 1. The molecule has 3 nitrogen and oxygen atoms in total. The van der Waals surface area contributed by atoms with E-state index in [1.165, 1.54) is 34.3 Å². The Morgan fingerprint density at radius 3 is 2.92 bits per heavy atom. The number of halogens is 1. The van der Waals surface area contributed by atoms with Gasteiger partial charge in [-0.1, -0.05) is 30.3 Å². The molecule has 0 saturated heterocycles. The molecule has 25 heavy (non-hydrogen) atoms. The van der Waals surface area contributed by atoms with Gasteiger partial charge in [0.1, 0.15) is 5.82 Å². The van der Waals surface area contributed by atoms with Crippen LogP contribution in [0.2, 0.25) is 0 Å². The third kappa shape index (κ3) is 3.04. The van der Waals surface area contributed by atoms with Crippen molar-refractivity contribution in [2.24, 2.45) is 0 Å². The van der Waals surface area contributed by atoms with Crippen molar-refractivity contribution in [2.75, 3.05) is 7.05 Å². The highest BCUT2D eigenvalue weighted by molar-refractivity contribution is 5.85. The molecule has 1 amide bonds. The summed E-state index contributed by atoms with van der Waals surface area (Å²) in [5.74, 6) is -0.257. The molecule has 3 aromatic rings. The second kappa shape index (κ2) is 6.36. The molecule has 128 valence electrons. The first kappa shape index (κ1) is 15.9. The number of benzene rings is 2. The van der Waals surface area contributed by atoms with Gasteiger partial charge in [0.05, 0.1) is 6.42 Å². The molecule has 1 atom stereocenters. The summed E-state index contributed by atoms with van der Waals surface area (Å²) < 4.78 is 13.3. The molecule has 1 aliphatic rings. The van der Waals surface area contributed by atoms with Gasteiger partial charge in [-0.15, -0.1) is 0 Å². The largest absolute Gasteiger partial charge is 0.358 e. The average molecular weight is 336 g/mol. The number of H-pyrrole nitrogens is 1. The summed E-state index contributed by atoms with van der Waals surface area (Å²) in [5.41, 5.74) is 4.52. The minimum absolute atomic E-state index is 0.0406. The third-order valence-corrected chi connectivity index (χ3v) is 5.25. The van der Waals surface area contributed by atoms with Crippen LogP contribution in [0.3, 0.4) is 0 Å². The lowest BCUT2D eigenvalue weighted by Crippen LogP contribution is -2.41. The topological polar surface area (TPSA) is 36.1 Å². The maximum atomic E-state index is 13.3. The smallest absolute Gasteiger partial charge is 0.226 e.